The Morgan fingerprint density at radius 3 is 2.68 bits per heavy atom. The fraction of sp³-hybridized carbons (Fsp3) is 0.579. The maximum atomic E-state index is 13.2. The molecule has 2 saturated heterocycles. The number of ether oxygens (including phenoxy) is 1. The van der Waals surface area contributed by atoms with Crippen molar-refractivity contribution in [1.82, 2.24) is 14.5 Å². The van der Waals surface area contributed by atoms with Crippen LogP contribution in [-0.2, 0) is 14.8 Å². The van der Waals surface area contributed by atoms with Gasteiger partial charge in [-0.15, -0.1) is 0 Å². The Hall–Kier alpha value is -2.13. The Morgan fingerprint density at radius 1 is 1.29 bits per heavy atom. The highest BCUT2D eigenvalue weighted by atomic mass is 32.2. The normalized spacial score (nSPS) is 22.8. The first-order valence-electron chi connectivity index (χ1n) is 9.56. The Balaban J connectivity index is 1.92. The van der Waals surface area contributed by atoms with Crippen LogP contribution in [0.5, 0.6) is 5.75 Å². The molecule has 0 aromatic heterocycles. The molecule has 2 fully saturated rings. The van der Waals surface area contributed by atoms with Gasteiger partial charge in [-0.3, -0.25) is 9.59 Å². The van der Waals surface area contributed by atoms with Crippen molar-refractivity contribution in [1.29, 1.82) is 0 Å². The van der Waals surface area contributed by atoms with Crippen LogP contribution in [0, 0.1) is 0 Å². The topological polar surface area (TPSA) is 96.0 Å². The van der Waals surface area contributed by atoms with E-state index in [0.29, 0.717) is 25.1 Å². The number of nitrogens with one attached hydrogen (secondary N) is 1. The summed E-state index contributed by atoms with van der Waals surface area (Å²) in [4.78, 5) is 29.2. The molecule has 8 nitrogen and oxygen atoms in total. The van der Waals surface area contributed by atoms with Crippen molar-refractivity contribution >= 4 is 21.8 Å². The lowest BCUT2D eigenvalue weighted by molar-refractivity contribution is -0.132. The zero-order chi connectivity index (χ0) is 20.5. The van der Waals surface area contributed by atoms with Gasteiger partial charge in [-0.2, -0.15) is 0 Å². The lowest BCUT2D eigenvalue weighted by Crippen LogP contribution is -2.47. The molecule has 1 aromatic carbocycles. The van der Waals surface area contributed by atoms with Crippen LogP contribution in [0.4, 0.5) is 0 Å². The molecule has 0 spiro atoms. The van der Waals surface area contributed by atoms with E-state index >= 15 is 0 Å². The summed E-state index contributed by atoms with van der Waals surface area (Å²) in [6.07, 6.45) is 2.78. The predicted octanol–water partition coefficient (Wildman–Crippen LogP) is 1.22. The van der Waals surface area contributed by atoms with Crippen molar-refractivity contribution in [2.75, 3.05) is 27.2 Å². The Bertz CT molecular complexity index is 870. The molecule has 28 heavy (non-hydrogen) atoms. The minimum Gasteiger partial charge on any atom is -0.495 e. The fourth-order valence-corrected chi connectivity index (χ4v) is 5.22. The third kappa shape index (κ3) is 3.60. The summed E-state index contributed by atoms with van der Waals surface area (Å²) in [6.45, 7) is 3.15. The molecular weight excluding hydrogens is 382 g/mol. The summed E-state index contributed by atoms with van der Waals surface area (Å²) in [7, 11) is -1.07. The van der Waals surface area contributed by atoms with Gasteiger partial charge in [-0.25, -0.2) is 13.1 Å². The van der Waals surface area contributed by atoms with E-state index in [4.69, 9.17) is 4.74 Å². The van der Waals surface area contributed by atoms with E-state index in [0.717, 1.165) is 19.3 Å². The Kier molecular flexibility index (Phi) is 5.95. The number of rotatable bonds is 5. The summed E-state index contributed by atoms with van der Waals surface area (Å²) >= 11 is 0. The van der Waals surface area contributed by atoms with E-state index in [1.807, 2.05) is 11.8 Å². The van der Waals surface area contributed by atoms with Gasteiger partial charge in [0.1, 0.15) is 10.6 Å². The van der Waals surface area contributed by atoms with Crippen molar-refractivity contribution in [3.05, 3.63) is 23.8 Å². The van der Waals surface area contributed by atoms with Crippen LogP contribution in [0.3, 0.4) is 0 Å². The molecule has 2 aliphatic rings. The minimum atomic E-state index is -3.77. The standard InChI is InChI=1S/C19H27N3O5S/c1-4-21-15-10-11-22(14(15)6-5-7-18(21)23)19(24)13-8-9-16(27-3)17(12-13)28(25,26)20-2/h8-9,12,14-15,20H,4-7,10-11H2,1-3H3/t14-,15-/m1/s1. The number of hydrogen-bond acceptors (Lipinski definition) is 5. The van der Waals surface area contributed by atoms with Gasteiger partial charge in [0.25, 0.3) is 5.91 Å². The van der Waals surface area contributed by atoms with Crippen LogP contribution in [0.15, 0.2) is 23.1 Å². The van der Waals surface area contributed by atoms with Crippen molar-refractivity contribution in [3.8, 4) is 5.75 Å². The van der Waals surface area contributed by atoms with Crippen LogP contribution in [0.1, 0.15) is 43.0 Å². The van der Waals surface area contributed by atoms with E-state index < -0.39 is 10.0 Å². The molecule has 1 aromatic rings. The molecule has 0 radical (unpaired) electrons. The van der Waals surface area contributed by atoms with Crippen LogP contribution in [0.2, 0.25) is 0 Å². The number of nitrogens with zero attached hydrogens (tertiary/aromatic N) is 2. The number of hydrogen-bond donors (Lipinski definition) is 1. The lowest BCUT2D eigenvalue weighted by Gasteiger charge is -2.32. The molecule has 2 heterocycles. The second-order valence-electron chi connectivity index (χ2n) is 7.07. The molecule has 154 valence electrons. The number of sulfonamides is 1. The summed E-state index contributed by atoms with van der Waals surface area (Å²) in [5.41, 5.74) is 0.300. The Labute approximate surface area is 165 Å². The highest BCUT2D eigenvalue weighted by Crippen LogP contribution is 2.32. The summed E-state index contributed by atoms with van der Waals surface area (Å²) in [5.74, 6) is 0.117. The number of fused-ring (bicyclic) bond motifs is 1. The predicted molar refractivity (Wildman–Crippen MR) is 104 cm³/mol. The maximum Gasteiger partial charge on any atom is 0.254 e. The zero-order valence-electron chi connectivity index (χ0n) is 16.5. The van der Waals surface area contributed by atoms with Gasteiger partial charge in [0.15, 0.2) is 0 Å². The van der Waals surface area contributed by atoms with Gasteiger partial charge in [0.2, 0.25) is 15.9 Å². The average molecular weight is 410 g/mol. The largest absolute Gasteiger partial charge is 0.495 e. The molecule has 2 atom stereocenters. The van der Waals surface area contributed by atoms with Crippen molar-refractivity contribution < 1.29 is 22.7 Å². The van der Waals surface area contributed by atoms with E-state index in [2.05, 4.69) is 4.72 Å². The molecule has 1 N–H and O–H groups in total. The number of likely N-dealkylation sites (N-methyl/N-ethyl adjacent to an activating group) is 1. The molecule has 0 saturated carbocycles. The third-order valence-corrected chi connectivity index (χ3v) is 7.13. The molecule has 0 unspecified atom stereocenters. The molecule has 3 rings (SSSR count). The second-order valence-corrected chi connectivity index (χ2v) is 8.92. The van der Waals surface area contributed by atoms with Crippen LogP contribution in [-0.4, -0.2) is 69.4 Å². The first-order chi connectivity index (χ1) is 13.3. The number of likely N-dealkylation sites (tertiary alicyclic amines) is 2. The second kappa shape index (κ2) is 8.08. The monoisotopic (exact) mass is 409 g/mol. The molecule has 2 amide bonds. The fourth-order valence-electron chi connectivity index (χ4n) is 4.30. The minimum absolute atomic E-state index is 0.0303. The van der Waals surface area contributed by atoms with Gasteiger partial charge >= 0.3 is 0 Å². The first kappa shape index (κ1) is 20.6. The van der Waals surface area contributed by atoms with Crippen LogP contribution < -0.4 is 9.46 Å². The maximum absolute atomic E-state index is 13.2. The van der Waals surface area contributed by atoms with E-state index in [-0.39, 0.29) is 34.5 Å². The molecular formula is C19H27N3O5S. The zero-order valence-corrected chi connectivity index (χ0v) is 17.3. The number of carbonyl (C=O) groups excluding carboxylic acids is 2. The SMILES string of the molecule is CCN1C(=O)CCC[C@@H]2[C@H]1CCN2C(=O)c1ccc(OC)c(S(=O)(=O)NC)c1. The quantitative estimate of drug-likeness (QED) is 0.789. The van der Waals surface area contributed by atoms with Crippen LogP contribution in [0.25, 0.3) is 0 Å². The summed E-state index contributed by atoms with van der Waals surface area (Å²) in [5, 5.41) is 0. The van der Waals surface area contributed by atoms with Gasteiger partial charge in [-0.1, -0.05) is 0 Å². The number of amides is 2. The van der Waals surface area contributed by atoms with Crippen molar-refractivity contribution in [2.24, 2.45) is 0 Å². The van der Waals surface area contributed by atoms with Gasteiger partial charge < -0.3 is 14.5 Å². The van der Waals surface area contributed by atoms with Crippen LogP contribution >= 0.6 is 0 Å². The van der Waals surface area contributed by atoms with Crippen molar-refractivity contribution in [3.63, 3.8) is 0 Å². The number of benzene rings is 1. The van der Waals surface area contributed by atoms with E-state index in [1.54, 1.807) is 11.0 Å². The number of methoxy groups -OCH3 is 1. The molecule has 2 aliphatic heterocycles. The molecule has 0 aliphatic carbocycles. The van der Waals surface area contributed by atoms with Gasteiger partial charge in [0.05, 0.1) is 19.2 Å². The van der Waals surface area contributed by atoms with Gasteiger partial charge in [-0.05, 0) is 51.4 Å². The summed E-state index contributed by atoms with van der Waals surface area (Å²) in [6, 6.07) is 4.44. The molecule has 9 heteroatoms. The smallest absolute Gasteiger partial charge is 0.254 e. The highest BCUT2D eigenvalue weighted by molar-refractivity contribution is 7.89. The average Bonchev–Trinajstić information content (AvgIpc) is 3.03. The van der Waals surface area contributed by atoms with Crippen molar-refractivity contribution in [2.45, 2.75) is 49.6 Å². The molecule has 0 bridgehead atoms. The summed E-state index contributed by atoms with van der Waals surface area (Å²) < 4.78 is 32.0. The first-order valence-corrected chi connectivity index (χ1v) is 11.0. The number of carbonyl (C=O) groups is 2. The Morgan fingerprint density at radius 2 is 2.04 bits per heavy atom. The van der Waals surface area contributed by atoms with E-state index in [9.17, 15) is 18.0 Å². The lowest BCUT2D eigenvalue weighted by atomic mass is 10.0. The van der Waals surface area contributed by atoms with E-state index in [1.165, 1.54) is 26.3 Å². The van der Waals surface area contributed by atoms with Gasteiger partial charge in [0, 0.05) is 25.1 Å². The highest BCUT2D eigenvalue weighted by Gasteiger charge is 2.42. The third-order valence-electron chi connectivity index (χ3n) is 5.69.